The number of nitrogens with zero attached hydrogens (tertiary/aromatic N) is 1. The molecule has 2 aliphatic rings. The number of halogens is 1. The number of hydrogen-bond donors (Lipinski definition) is 1. The topological polar surface area (TPSA) is 45.8 Å². The number of fused-ring (bicyclic) bond motifs is 3. The van der Waals surface area contributed by atoms with Crippen molar-refractivity contribution in [2.75, 3.05) is 6.26 Å². The van der Waals surface area contributed by atoms with Crippen molar-refractivity contribution >= 4 is 23.4 Å². The average molecular weight is 333 g/mol. The molecule has 0 fully saturated rings. The molecule has 0 saturated carbocycles. The van der Waals surface area contributed by atoms with Gasteiger partial charge in [0.15, 0.2) is 5.16 Å². The normalized spacial score (nSPS) is 22.6. The second kappa shape index (κ2) is 5.14. The van der Waals surface area contributed by atoms with Gasteiger partial charge in [-0.3, -0.25) is 4.79 Å². The van der Waals surface area contributed by atoms with E-state index >= 15 is 0 Å². The zero-order chi connectivity index (χ0) is 15.3. The summed E-state index contributed by atoms with van der Waals surface area (Å²) in [6, 6.07) is 6.23. The number of hydrogen-bond acceptors (Lipinski definition) is 3. The summed E-state index contributed by atoms with van der Waals surface area (Å²) in [4.78, 5) is 19.8. The fourth-order valence-electron chi connectivity index (χ4n) is 4.05. The number of aromatic nitrogens is 2. The van der Waals surface area contributed by atoms with Crippen LogP contribution in [0.15, 0.2) is 28.2 Å². The van der Waals surface area contributed by atoms with Crippen molar-refractivity contribution in [3.63, 3.8) is 0 Å². The van der Waals surface area contributed by atoms with Gasteiger partial charge in [-0.05, 0) is 55.6 Å². The molecule has 1 unspecified atom stereocenters. The van der Waals surface area contributed by atoms with Crippen LogP contribution in [-0.2, 0) is 24.7 Å². The molecule has 114 valence electrons. The number of rotatable bonds is 1. The Morgan fingerprint density at radius 2 is 2.05 bits per heavy atom. The van der Waals surface area contributed by atoms with Crippen molar-refractivity contribution in [2.45, 2.75) is 42.7 Å². The van der Waals surface area contributed by atoms with E-state index in [0.717, 1.165) is 48.4 Å². The highest BCUT2D eigenvalue weighted by Gasteiger charge is 2.42. The second-order valence-corrected chi connectivity index (χ2v) is 7.43. The van der Waals surface area contributed by atoms with E-state index in [1.54, 1.807) is 0 Å². The van der Waals surface area contributed by atoms with E-state index in [4.69, 9.17) is 11.6 Å². The van der Waals surface area contributed by atoms with Gasteiger partial charge in [0.25, 0.3) is 5.56 Å². The molecule has 0 bridgehead atoms. The average Bonchev–Trinajstić information content (AvgIpc) is 2.87. The minimum absolute atomic E-state index is 0.0357. The molecule has 4 rings (SSSR count). The summed E-state index contributed by atoms with van der Waals surface area (Å²) >= 11 is 7.86. The van der Waals surface area contributed by atoms with Crippen molar-refractivity contribution in [1.29, 1.82) is 0 Å². The molecule has 0 radical (unpaired) electrons. The molecule has 1 aromatic heterocycles. The Kier molecular flexibility index (Phi) is 3.35. The first-order valence-corrected chi connectivity index (χ1v) is 9.17. The van der Waals surface area contributed by atoms with E-state index < -0.39 is 0 Å². The fraction of sp³-hybridized carbons (Fsp3) is 0.412. The van der Waals surface area contributed by atoms with Gasteiger partial charge in [0.05, 0.1) is 5.69 Å². The van der Waals surface area contributed by atoms with Gasteiger partial charge in [0.1, 0.15) is 0 Å². The maximum Gasteiger partial charge on any atom is 0.254 e. The monoisotopic (exact) mass is 332 g/mol. The van der Waals surface area contributed by atoms with E-state index in [-0.39, 0.29) is 11.0 Å². The van der Waals surface area contributed by atoms with Crippen molar-refractivity contribution in [1.82, 2.24) is 9.97 Å². The molecule has 5 heteroatoms. The molecule has 0 aliphatic heterocycles. The van der Waals surface area contributed by atoms with E-state index in [1.807, 2.05) is 18.4 Å². The Morgan fingerprint density at radius 3 is 2.82 bits per heavy atom. The van der Waals surface area contributed by atoms with Gasteiger partial charge < -0.3 is 4.98 Å². The zero-order valence-electron chi connectivity index (χ0n) is 12.4. The predicted molar refractivity (Wildman–Crippen MR) is 90.1 cm³/mol. The number of nitrogens with one attached hydrogen (secondary N) is 1. The van der Waals surface area contributed by atoms with Crippen LogP contribution in [-0.4, -0.2) is 16.2 Å². The van der Waals surface area contributed by atoms with Crippen molar-refractivity contribution in [3.05, 3.63) is 56.0 Å². The Hall–Kier alpha value is -1.26. The summed E-state index contributed by atoms with van der Waals surface area (Å²) in [6.07, 6.45) is 6.74. The minimum Gasteiger partial charge on any atom is -0.301 e. The molecule has 1 spiro atoms. The molecule has 1 atom stereocenters. The van der Waals surface area contributed by atoms with Crippen LogP contribution in [0.5, 0.6) is 0 Å². The Morgan fingerprint density at radius 1 is 1.27 bits per heavy atom. The molecule has 2 aromatic rings. The first kappa shape index (κ1) is 14.3. The highest BCUT2D eigenvalue weighted by molar-refractivity contribution is 7.98. The first-order chi connectivity index (χ1) is 10.6. The van der Waals surface area contributed by atoms with Gasteiger partial charge in [0, 0.05) is 16.0 Å². The molecule has 1 heterocycles. The lowest BCUT2D eigenvalue weighted by Gasteiger charge is -2.35. The van der Waals surface area contributed by atoms with Crippen LogP contribution < -0.4 is 5.56 Å². The number of aromatic amines is 1. The lowest BCUT2D eigenvalue weighted by molar-refractivity contribution is 0.360. The second-order valence-electron chi connectivity index (χ2n) is 6.22. The van der Waals surface area contributed by atoms with Crippen LogP contribution in [0.25, 0.3) is 0 Å². The predicted octanol–water partition coefficient (Wildman–Crippen LogP) is 3.52. The van der Waals surface area contributed by atoms with Gasteiger partial charge in [-0.2, -0.15) is 0 Å². The van der Waals surface area contributed by atoms with Crippen LogP contribution >= 0.6 is 23.4 Å². The van der Waals surface area contributed by atoms with E-state index in [0.29, 0.717) is 5.16 Å². The van der Waals surface area contributed by atoms with E-state index in [1.165, 1.54) is 22.9 Å². The highest BCUT2D eigenvalue weighted by Crippen LogP contribution is 2.48. The number of benzene rings is 1. The smallest absolute Gasteiger partial charge is 0.254 e. The van der Waals surface area contributed by atoms with Crippen LogP contribution in [0.4, 0.5) is 0 Å². The molecular formula is C17H17ClN2OS. The molecule has 1 N–H and O–H groups in total. The van der Waals surface area contributed by atoms with Crippen LogP contribution in [0.3, 0.4) is 0 Å². The fourth-order valence-corrected chi connectivity index (χ4v) is 4.71. The first-order valence-electron chi connectivity index (χ1n) is 7.57. The van der Waals surface area contributed by atoms with Crippen molar-refractivity contribution in [2.24, 2.45) is 0 Å². The number of H-pyrrole nitrogens is 1. The van der Waals surface area contributed by atoms with Gasteiger partial charge in [-0.15, -0.1) is 0 Å². The molecule has 0 amide bonds. The zero-order valence-corrected chi connectivity index (χ0v) is 14.0. The third-order valence-electron chi connectivity index (χ3n) is 5.18. The minimum atomic E-state index is 0.0357. The lowest BCUT2D eigenvalue weighted by atomic mass is 9.70. The lowest BCUT2D eigenvalue weighted by Crippen LogP contribution is -2.35. The Balaban J connectivity index is 1.82. The Bertz CT molecular complexity index is 817. The van der Waals surface area contributed by atoms with Crippen molar-refractivity contribution < 1.29 is 0 Å². The largest absolute Gasteiger partial charge is 0.301 e. The Labute approximate surface area is 138 Å². The van der Waals surface area contributed by atoms with Gasteiger partial charge in [-0.25, -0.2) is 4.98 Å². The summed E-state index contributed by atoms with van der Waals surface area (Å²) in [6.45, 7) is 0. The van der Waals surface area contributed by atoms with Gasteiger partial charge in [-0.1, -0.05) is 35.5 Å². The molecule has 22 heavy (non-hydrogen) atoms. The molecule has 1 aromatic carbocycles. The van der Waals surface area contributed by atoms with Crippen LogP contribution in [0, 0.1) is 0 Å². The van der Waals surface area contributed by atoms with Gasteiger partial charge in [0.2, 0.25) is 0 Å². The van der Waals surface area contributed by atoms with Crippen LogP contribution in [0.1, 0.15) is 35.2 Å². The van der Waals surface area contributed by atoms with Gasteiger partial charge >= 0.3 is 0 Å². The summed E-state index contributed by atoms with van der Waals surface area (Å²) in [7, 11) is 0. The summed E-state index contributed by atoms with van der Waals surface area (Å²) in [5.74, 6) is 0. The molecule has 3 nitrogen and oxygen atoms in total. The number of thioether (sulfide) groups is 1. The highest BCUT2D eigenvalue weighted by atomic mass is 35.5. The molecule has 2 aliphatic carbocycles. The maximum absolute atomic E-state index is 12.2. The maximum atomic E-state index is 12.2. The van der Waals surface area contributed by atoms with Crippen LogP contribution in [0.2, 0.25) is 5.02 Å². The SMILES string of the molecule is CSc1nc2c(c(=O)[nH]1)CCC1(CCc3c(Cl)cccc31)C2. The third kappa shape index (κ3) is 2.04. The third-order valence-corrected chi connectivity index (χ3v) is 6.11. The van der Waals surface area contributed by atoms with Crippen molar-refractivity contribution in [3.8, 4) is 0 Å². The summed E-state index contributed by atoms with van der Waals surface area (Å²) < 4.78 is 0. The molecule has 0 saturated heterocycles. The summed E-state index contributed by atoms with van der Waals surface area (Å²) in [5.41, 5.74) is 4.67. The standard InChI is InChI=1S/C17H17ClN2OS/c1-22-16-19-14-9-17(8-6-11(14)15(21)20-16)7-5-10-12(17)3-2-4-13(10)18/h2-4H,5-9H2,1H3,(H,19,20,21). The van der Waals surface area contributed by atoms with E-state index in [2.05, 4.69) is 16.0 Å². The summed E-state index contributed by atoms with van der Waals surface area (Å²) in [5, 5.41) is 1.59. The van der Waals surface area contributed by atoms with E-state index in [9.17, 15) is 4.79 Å². The quantitative estimate of drug-likeness (QED) is 0.642. The molecular weight excluding hydrogens is 316 g/mol.